The summed E-state index contributed by atoms with van der Waals surface area (Å²) in [6.07, 6.45) is 3.23. The molecule has 0 spiro atoms. The van der Waals surface area contributed by atoms with Crippen molar-refractivity contribution in [2.75, 3.05) is 6.61 Å². The smallest absolute Gasteiger partial charge is 0.176 e. The van der Waals surface area contributed by atoms with Crippen molar-refractivity contribution in [1.82, 2.24) is 0 Å². The van der Waals surface area contributed by atoms with Crippen molar-refractivity contribution in [2.45, 2.75) is 12.6 Å². The SMILES string of the molecule is OCC(O)C[n+]1cc(-c2ccccc2)cc(-c2ccccc2)c1. The molecule has 0 radical (unpaired) electrons. The number of nitrogens with zero attached hydrogens (tertiary/aromatic N) is 1. The Kier molecular flexibility index (Phi) is 4.81. The minimum absolute atomic E-state index is 0.247. The highest BCUT2D eigenvalue weighted by Crippen LogP contribution is 2.24. The van der Waals surface area contributed by atoms with Gasteiger partial charge < -0.3 is 10.2 Å². The van der Waals surface area contributed by atoms with Gasteiger partial charge >= 0.3 is 0 Å². The van der Waals surface area contributed by atoms with E-state index < -0.39 is 6.10 Å². The molecule has 0 bridgehead atoms. The average molecular weight is 306 g/mol. The lowest BCUT2D eigenvalue weighted by Crippen LogP contribution is -2.41. The number of rotatable bonds is 5. The van der Waals surface area contributed by atoms with Gasteiger partial charge in [-0.3, -0.25) is 0 Å². The average Bonchev–Trinajstić information content (AvgIpc) is 2.63. The Hall–Kier alpha value is -2.49. The maximum atomic E-state index is 9.76. The lowest BCUT2D eigenvalue weighted by Gasteiger charge is -2.08. The summed E-state index contributed by atoms with van der Waals surface area (Å²) >= 11 is 0. The Morgan fingerprint density at radius 1 is 0.739 bits per heavy atom. The van der Waals surface area contributed by atoms with Crippen molar-refractivity contribution in [3.05, 3.63) is 79.1 Å². The second-order valence-electron chi connectivity index (χ2n) is 5.58. The second-order valence-corrected chi connectivity index (χ2v) is 5.58. The van der Waals surface area contributed by atoms with Gasteiger partial charge in [-0.15, -0.1) is 0 Å². The molecule has 116 valence electrons. The number of aliphatic hydroxyl groups excluding tert-OH is 2. The van der Waals surface area contributed by atoms with Gasteiger partial charge in [0.15, 0.2) is 18.9 Å². The summed E-state index contributed by atoms with van der Waals surface area (Å²) in [4.78, 5) is 0. The van der Waals surface area contributed by atoms with Crippen molar-refractivity contribution in [3.63, 3.8) is 0 Å². The molecule has 0 aliphatic rings. The molecule has 3 rings (SSSR count). The molecule has 23 heavy (non-hydrogen) atoms. The van der Waals surface area contributed by atoms with Gasteiger partial charge in [-0.05, 0) is 17.2 Å². The Labute approximate surface area is 136 Å². The Bertz CT molecular complexity index is 699. The van der Waals surface area contributed by atoms with Crippen LogP contribution in [0.2, 0.25) is 0 Å². The molecule has 0 saturated heterocycles. The van der Waals surface area contributed by atoms with E-state index in [1.807, 2.05) is 53.4 Å². The highest BCUT2D eigenvalue weighted by molar-refractivity contribution is 5.70. The molecule has 1 aromatic heterocycles. The molecule has 1 unspecified atom stereocenters. The third kappa shape index (κ3) is 3.83. The van der Waals surface area contributed by atoms with Gasteiger partial charge in [0.25, 0.3) is 0 Å². The van der Waals surface area contributed by atoms with Crippen LogP contribution in [0.15, 0.2) is 79.1 Å². The summed E-state index contributed by atoms with van der Waals surface area (Å²) < 4.78 is 1.94. The molecule has 3 nitrogen and oxygen atoms in total. The molecular formula is C20H20NO2+. The van der Waals surface area contributed by atoms with E-state index in [0.29, 0.717) is 6.54 Å². The van der Waals surface area contributed by atoms with E-state index in [-0.39, 0.29) is 6.61 Å². The fourth-order valence-electron chi connectivity index (χ4n) is 2.62. The molecule has 2 aromatic carbocycles. The quantitative estimate of drug-likeness (QED) is 0.712. The van der Waals surface area contributed by atoms with Crippen LogP contribution >= 0.6 is 0 Å². The summed E-state index contributed by atoms with van der Waals surface area (Å²) in [5.41, 5.74) is 4.41. The normalized spacial score (nSPS) is 12.1. The summed E-state index contributed by atoms with van der Waals surface area (Å²) in [6.45, 7) is 0.111. The van der Waals surface area contributed by atoms with Gasteiger partial charge in [-0.1, -0.05) is 60.7 Å². The van der Waals surface area contributed by atoms with Crippen LogP contribution in [-0.2, 0) is 6.54 Å². The van der Waals surface area contributed by atoms with Crippen LogP contribution in [0.4, 0.5) is 0 Å². The Morgan fingerprint density at radius 2 is 1.22 bits per heavy atom. The van der Waals surface area contributed by atoms with E-state index in [1.54, 1.807) is 0 Å². The van der Waals surface area contributed by atoms with E-state index in [0.717, 1.165) is 22.3 Å². The van der Waals surface area contributed by atoms with Crippen LogP contribution in [0, 0.1) is 0 Å². The maximum Gasteiger partial charge on any atom is 0.176 e. The number of aliphatic hydroxyl groups is 2. The second kappa shape index (κ2) is 7.18. The van der Waals surface area contributed by atoms with Crippen LogP contribution < -0.4 is 4.57 Å². The topological polar surface area (TPSA) is 44.3 Å². The first-order valence-electron chi connectivity index (χ1n) is 7.70. The van der Waals surface area contributed by atoms with E-state index in [4.69, 9.17) is 5.11 Å². The third-order valence-corrected chi connectivity index (χ3v) is 3.77. The lowest BCUT2D eigenvalue weighted by atomic mass is 10.0. The summed E-state index contributed by atoms with van der Waals surface area (Å²) in [5.74, 6) is 0. The van der Waals surface area contributed by atoms with E-state index in [2.05, 4.69) is 30.3 Å². The number of hydrogen-bond donors (Lipinski definition) is 2. The summed E-state index contributed by atoms with van der Waals surface area (Å²) in [7, 11) is 0. The molecule has 0 aliphatic heterocycles. The molecule has 1 atom stereocenters. The monoisotopic (exact) mass is 306 g/mol. The highest BCUT2D eigenvalue weighted by atomic mass is 16.3. The molecule has 0 amide bonds. The summed E-state index contributed by atoms with van der Waals surface area (Å²) in [6, 6.07) is 22.4. The van der Waals surface area contributed by atoms with Crippen LogP contribution in [0.5, 0.6) is 0 Å². The zero-order chi connectivity index (χ0) is 16.1. The predicted octanol–water partition coefficient (Wildman–Crippen LogP) is 2.66. The van der Waals surface area contributed by atoms with E-state index in [9.17, 15) is 5.11 Å². The first-order valence-corrected chi connectivity index (χ1v) is 7.70. The number of hydrogen-bond acceptors (Lipinski definition) is 2. The molecule has 0 fully saturated rings. The van der Waals surface area contributed by atoms with Gasteiger partial charge in [-0.25, -0.2) is 4.57 Å². The molecular weight excluding hydrogens is 286 g/mol. The van der Waals surface area contributed by atoms with Gasteiger partial charge in [0.05, 0.1) is 6.61 Å². The zero-order valence-electron chi connectivity index (χ0n) is 12.8. The first-order chi connectivity index (χ1) is 11.3. The minimum atomic E-state index is -0.769. The molecule has 3 aromatic rings. The van der Waals surface area contributed by atoms with Crippen molar-refractivity contribution in [3.8, 4) is 22.3 Å². The molecule has 1 heterocycles. The fourth-order valence-corrected chi connectivity index (χ4v) is 2.62. The van der Waals surface area contributed by atoms with Crippen molar-refractivity contribution in [2.24, 2.45) is 0 Å². The van der Waals surface area contributed by atoms with E-state index in [1.165, 1.54) is 0 Å². The van der Waals surface area contributed by atoms with Crippen LogP contribution in [0.3, 0.4) is 0 Å². The Morgan fingerprint density at radius 3 is 1.65 bits per heavy atom. The van der Waals surface area contributed by atoms with Crippen molar-refractivity contribution < 1.29 is 14.8 Å². The number of benzene rings is 2. The van der Waals surface area contributed by atoms with Gasteiger partial charge in [0.1, 0.15) is 6.10 Å². The standard InChI is InChI=1S/C20H20NO2/c22-15-20(23)14-21-12-18(16-7-3-1-4-8-16)11-19(13-21)17-9-5-2-6-10-17/h1-13,20,22-23H,14-15H2/q+1. The van der Waals surface area contributed by atoms with Crippen LogP contribution in [-0.4, -0.2) is 22.9 Å². The van der Waals surface area contributed by atoms with Gasteiger partial charge in [-0.2, -0.15) is 0 Å². The Balaban J connectivity index is 2.07. The predicted molar refractivity (Wildman–Crippen MR) is 90.6 cm³/mol. The molecule has 2 N–H and O–H groups in total. The largest absolute Gasteiger partial charge is 0.393 e. The van der Waals surface area contributed by atoms with E-state index >= 15 is 0 Å². The number of pyridine rings is 1. The lowest BCUT2D eigenvalue weighted by molar-refractivity contribution is -0.702. The molecule has 0 aliphatic carbocycles. The summed E-state index contributed by atoms with van der Waals surface area (Å²) in [5, 5.41) is 18.9. The van der Waals surface area contributed by atoms with Crippen molar-refractivity contribution >= 4 is 0 Å². The fraction of sp³-hybridized carbons (Fsp3) is 0.150. The number of aromatic nitrogens is 1. The van der Waals surface area contributed by atoms with Crippen LogP contribution in [0.25, 0.3) is 22.3 Å². The zero-order valence-corrected chi connectivity index (χ0v) is 12.8. The minimum Gasteiger partial charge on any atom is -0.393 e. The molecule has 0 saturated carbocycles. The first kappa shape index (κ1) is 15.4. The van der Waals surface area contributed by atoms with Crippen LogP contribution in [0.1, 0.15) is 0 Å². The maximum absolute atomic E-state index is 9.76. The van der Waals surface area contributed by atoms with Gasteiger partial charge in [0, 0.05) is 11.1 Å². The van der Waals surface area contributed by atoms with Gasteiger partial charge in [0.2, 0.25) is 0 Å². The van der Waals surface area contributed by atoms with Crippen molar-refractivity contribution in [1.29, 1.82) is 0 Å². The highest BCUT2D eigenvalue weighted by Gasteiger charge is 2.14. The third-order valence-electron chi connectivity index (χ3n) is 3.77. The molecule has 3 heteroatoms.